The molecule has 2 amide bonds. The Labute approximate surface area is 199 Å². The van der Waals surface area contributed by atoms with Crippen LogP contribution in [0.5, 0.6) is 0 Å². The first kappa shape index (κ1) is 24.5. The molecule has 0 unspecified atom stereocenters. The average molecular weight is 467 g/mol. The van der Waals surface area contributed by atoms with E-state index < -0.39 is 11.9 Å². The van der Waals surface area contributed by atoms with Crippen LogP contribution in [0.1, 0.15) is 29.2 Å². The van der Waals surface area contributed by atoms with Crippen LogP contribution in [0.4, 0.5) is 4.39 Å². The van der Waals surface area contributed by atoms with Crippen LogP contribution in [0.3, 0.4) is 0 Å². The van der Waals surface area contributed by atoms with Crippen molar-refractivity contribution in [3.05, 3.63) is 106 Å². The zero-order valence-corrected chi connectivity index (χ0v) is 19.6. The zero-order valence-electron chi connectivity index (χ0n) is 18.9. The van der Waals surface area contributed by atoms with Crippen LogP contribution in [-0.4, -0.2) is 29.3 Å². The summed E-state index contributed by atoms with van der Waals surface area (Å²) in [4.78, 5) is 28.2. The predicted molar refractivity (Wildman–Crippen MR) is 129 cm³/mol. The van der Waals surface area contributed by atoms with Gasteiger partial charge in [0.15, 0.2) is 0 Å². The summed E-state index contributed by atoms with van der Waals surface area (Å²) in [6.07, 6.45) is 0.108. The minimum absolute atomic E-state index is 0.132. The van der Waals surface area contributed by atoms with E-state index in [1.165, 1.54) is 17.0 Å². The Kier molecular flexibility index (Phi) is 8.61. The maximum absolute atomic E-state index is 14.4. The van der Waals surface area contributed by atoms with Crippen molar-refractivity contribution in [2.45, 2.75) is 39.3 Å². The summed E-state index contributed by atoms with van der Waals surface area (Å²) in [6.45, 7) is 4.47. The van der Waals surface area contributed by atoms with Crippen LogP contribution in [0.25, 0.3) is 0 Å². The number of benzene rings is 3. The van der Waals surface area contributed by atoms with Gasteiger partial charge in [-0.25, -0.2) is 4.39 Å². The normalized spacial score (nSPS) is 11.6. The topological polar surface area (TPSA) is 49.4 Å². The number of hydrogen-bond acceptors (Lipinski definition) is 2. The fourth-order valence-corrected chi connectivity index (χ4v) is 4.04. The molecule has 0 saturated carbocycles. The number of carbonyl (C=O) groups excluding carboxylic acids is 2. The number of amides is 2. The molecule has 0 aromatic heterocycles. The number of halogens is 2. The monoisotopic (exact) mass is 466 g/mol. The first-order valence-corrected chi connectivity index (χ1v) is 11.4. The van der Waals surface area contributed by atoms with E-state index in [9.17, 15) is 14.0 Å². The van der Waals surface area contributed by atoms with Crippen molar-refractivity contribution < 1.29 is 14.0 Å². The molecule has 0 aliphatic rings. The number of aryl methyl sites for hydroxylation is 1. The summed E-state index contributed by atoms with van der Waals surface area (Å²) in [5.74, 6) is -1.15. The zero-order chi connectivity index (χ0) is 23.8. The second-order valence-corrected chi connectivity index (χ2v) is 8.39. The molecule has 0 radical (unpaired) electrons. The Morgan fingerprint density at radius 3 is 2.36 bits per heavy atom. The van der Waals surface area contributed by atoms with Crippen molar-refractivity contribution in [1.29, 1.82) is 0 Å². The van der Waals surface area contributed by atoms with E-state index in [1.807, 2.05) is 68.4 Å². The van der Waals surface area contributed by atoms with Crippen LogP contribution in [0.2, 0.25) is 5.02 Å². The number of nitrogens with zero attached hydrogens (tertiary/aromatic N) is 1. The quantitative estimate of drug-likeness (QED) is 0.476. The van der Waals surface area contributed by atoms with Crippen molar-refractivity contribution in [3.63, 3.8) is 0 Å². The molecule has 0 spiro atoms. The van der Waals surface area contributed by atoms with Gasteiger partial charge in [-0.2, -0.15) is 0 Å². The van der Waals surface area contributed by atoms with Crippen molar-refractivity contribution in [2.24, 2.45) is 0 Å². The maximum Gasteiger partial charge on any atom is 0.243 e. The lowest BCUT2D eigenvalue weighted by Gasteiger charge is -2.32. The highest BCUT2D eigenvalue weighted by molar-refractivity contribution is 6.31. The van der Waals surface area contributed by atoms with Crippen molar-refractivity contribution in [1.82, 2.24) is 10.2 Å². The van der Waals surface area contributed by atoms with Crippen LogP contribution in [0, 0.1) is 12.7 Å². The van der Waals surface area contributed by atoms with Crippen LogP contribution in [0.15, 0.2) is 72.8 Å². The van der Waals surface area contributed by atoms with E-state index in [0.717, 1.165) is 16.7 Å². The Morgan fingerprint density at radius 1 is 1.00 bits per heavy atom. The van der Waals surface area contributed by atoms with E-state index in [-0.39, 0.29) is 35.4 Å². The molecule has 0 aliphatic carbocycles. The second kappa shape index (κ2) is 11.6. The molecule has 172 valence electrons. The Hall–Kier alpha value is -3.18. The SMILES string of the molecule is CCNC(=O)[C@@H](Cc1ccccc1)N(Cc1cccc(C)c1)C(=O)Cc1c(F)cccc1Cl. The number of hydrogen-bond donors (Lipinski definition) is 1. The van der Waals surface area contributed by atoms with Gasteiger partial charge in [-0.05, 0) is 37.1 Å². The molecule has 4 nitrogen and oxygen atoms in total. The maximum atomic E-state index is 14.4. The number of likely N-dealkylation sites (N-methyl/N-ethyl adjacent to an activating group) is 1. The van der Waals surface area contributed by atoms with Gasteiger partial charge >= 0.3 is 0 Å². The molecule has 0 heterocycles. The number of carbonyl (C=O) groups is 2. The highest BCUT2D eigenvalue weighted by Crippen LogP contribution is 2.22. The summed E-state index contributed by atoms with van der Waals surface area (Å²) in [5.41, 5.74) is 3.01. The van der Waals surface area contributed by atoms with Gasteiger partial charge in [0.1, 0.15) is 11.9 Å². The largest absolute Gasteiger partial charge is 0.355 e. The van der Waals surface area contributed by atoms with Gasteiger partial charge in [0, 0.05) is 30.1 Å². The van der Waals surface area contributed by atoms with Gasteiger partial charge in [-0.15, -0.1) is 0 Å². The molecule has 0 fully saturated rings. The Bertz CT molecular complexity index is 1080. The van der Waals surface area contributed by atoms with E-state index in [2.05, 4.69) is 5.32 Å². The molecule has 0 aliphatic heterocycles. The lowest BCUT2D eigenvalue weighted by atomic mass is 10.0. The van der Waals surface area contributed by atoms with Gasteiger partial charge in [0.25, 0.3) is 0 Å². The lowest BCUT2D eigenvalue weighted by Crippen LogP contribution is -2.51. The third-order valence-corrected chi connectivity index (χ3v) is 5.80. The van der Waals surface area contributed by atoms with Crippen LogP contribution >= 0.6 is 11.6 Å². The van der Waals surface area contributed by atoms with E-state index in [0.29, 0.717) is 13.0 Å². The molecular formula is C27H28ClFN2O2. The molecule has 1 N–H and O–H groups in total. The first-order valence-electron chi connectivity index (χ1n) is 11.0. The number of rotatable bonds is 9. The number of nitrogens with one attached hydrogen (secondary N) is 1. The Balaban J connectivity index is 1.99. The third kappa shape index (κ3) is 6.65. The molecular weight excluding hydrogens is 439 g/mol. The minimum atomic E-state index is -0.758. The highest BCUT2D eigenvalue weighted by Gasteiger charge is 2.31. The summed E-state index contributed by atoms with van der Waals surface area (Å²) in [6, 6.07) is 20.9. The molecule has 3 aromatic rings. The second-order valence-electron chi connectivity index (χ2n) is 7.99. The summed E-state index contributed by atoms with van der Waals surface area (Å²) in [5, 5.41) is 3.04. The summed E-state index contributed by atoms with van der Waals surface area (Å²) >= 11 is 6.19. The van der Waals surface area contributed by atoms with Gasteiger partial charge < -0.3 is 10.2 Å². The third-order valence-electron chi connectivity index (χ3n) is 5.45. The van der Waals surface area contributed by atoms with Crippen LogP contribution < -0.4 is 5.32 Å². The smallest absolute Gasteiger partial charge is 0.243 e. The van der Waals surface area contributed by atoms with Gasteiger partial charge in [0.05, 0.1) is 6.42 Å². The average Bonchev–Trinajstić information content (AvgIpc) is 2.79. The fourth-order valence-electron chi connectivity index (χ4n) is 3.81. The van der Waals surface area contributed by atoms with Gasteiger partial charge in [-0.1, -0.05) is 77.8 Å². The molecule has 0 bridgehead atoms. The lowest BCUT2D eigenvalue weighted by molar-refractivity contribution is -0.140. The van der Waals surface area contributed by atoms with Crippen LogP contribution in [-0.2, 0) is 29.0 Å². The molecule has 1 atom stereocenters. The highest BCUT2D eigenvalue weighted by atomic mass is 35.5. The molecule has 3 aromatic carbocycles. The van der Waals surface area contributed by atoms with Crippen molar-refractivity contribution in [2.75, 3.05) is 6.54 Å². The standard InChI is InChI=1S/C27H28ClFN2O2/c1-3-30-27(33)25(16-20-10-5-4-6-11-20)31(18-21-12-7-9-19(2)15-21)26(32)17-22-23(28)13-8-14-24(22)29/h4-15,25H,3,16-18H2,1-2H3,(H,30,33)/t25-/m1/s1. The van der Waals surface area contributed by atoms with Crippen molar-refractivity contribution >= 4 is 23.4 Å². The Morgan fingerprint density at radius 2 is 1.70 bits per heavy atom. The van der Waals surface area contributed by atoms with Gasteiger partial charge in [0.2, 0.25) is 11.8 Å². The molecule has 33 heavy (non-hydrogen) atoms. The summed E-state index contributed by atoms with van der Waals surface area (Å²) < 4.78 is 14.4. The fraction of sp³-hybridized carbons (Fsp3) is 0.259. The summed E-state index contributed by atoms with van der Waals surface area (Å²) in [7, 11) is 0. The minimum Gasteiger partial charge on any atom is -0.355 e. The van der Waals surface area contributed by atoms with E-state index >= 15 is 0 Å². The van der Waals surface area contributed by atoms with Gasteiger partial charge in [-0.3, -0.25) is 9.59 Å². The van der Waals surface area contributed by atoms with E-state index in [1.54, 1.807) is 6.07 Å². The molecule has 6 heteroatoms. The predicted octanol–water partition coefficient (Wildman–Crippen LogP) is 5.11. The van der Waals surface area contributed by atoms with Crippen molar-refractivity contribution in [3.8, 4) is 0 Å². The van der Waals surface area contributed by atoms with E-state index in [4.69, 9.17) is 11.6 Å². The molecule has 0 saturated heterocycles. The molecule has 3 rings (SSSR count). The first-order chi connectivity index (χ1) is 15.9.